The van der Waals surface area contributed by atoms with Crippen molar-refractivity contribution in [2.75, 3.05) is 6.61 Å². The van der Waals surface area contributed by atoms with Crippen LogP contribution in [0, 0.1) is 0 Å². The normalized spacial score (nSPS) is 9.30. The zero-order valence-corrected chi connectivity index (χ0v) is 5.11. The van der Waals surface area contributed by atoms with Crippen molar-refractivity contribution in [2.45, 2.75) is 0 Å². The van der Waals surface area contributed by atoms with Crippen molar-refractivity contribution in [3.63, 3.8) is 0 Å². The number of hydrogen-bond donors (Lipinski definition) is 1. The number of furan rings is 1. The Morgan fingerprint density at radius 3 is 3.10 bits per heavy atom. The minimum Gasteiger partial charge on any atom is -0.434 e. The molecule has 0 radical (unpaired) electrons. The molecular formula is C6H6O4. The van der Waals surface area contributed by atoms with Gasteiger partial charge in [0.25, 0.3) is 5.95 Å². The molecule has 0 aliphatic rings. The number of aliphatic hydroxyl groups is 1. The monoisotopic (exact) mass is 142 g/mol. The molecule has 0 saturated carbocycles. The number of carbonyl (C=O) groups is 1. The second-order valence-electron chi connectivity index (χ2n) is 1.56. The van der Waals surface area contributed by atoms with Crippen LogP contribution in [0.1, 0.15) is 0 Å². The summed E-state index contributed by atoms with van der Waals surface area (Å²) >= 11 is 0. The molecule has 10 heavy (non-hydrogen) atoms. The number of aliphatic hydroxyl groups excluding tert-OH is 1. The molecule has 0 spiro atoms. The van der Waals surface area contributed by atoms with E-state index in [1.165, 1.54) is 12.3 Å². The van der Waals surface area contributed by atoms with Crippen molar-refractivity contribution in [2.24, 2.45) is 0 Å². The Hall–Kier alpha value is -1.29. The van der Waals surface area contributed by atoms with Crippen LogP contribution in [0.15, 0.2) is 22.8 Å². The second-order valence-corrected chi connectivity index (χ2v) is 1.56. The van der Waals surface area contributed by atoms with Crippen LogP contribution in [0.25, 0.3) is 0 Å². The summed E-state index contributed by atoms with van der Waals surface area (Å²) in [6, 6.07) is 3.06. The van der Waals surface area contributed by atoms with Crippen LogP contribution in [0.5, 0.6) is 5.95 Å². The van der Waals surface area contributed by atoms with E-state index >= 15 is 0 Å². The lowest BCUT2D eigenvalue weighted by atomic mass is 10.6. The molecule has 1 N–H and O–H groups in total. The fraction of sp³-hybridized carbons (Fsp3) is 0.167. The summed E-state index contributed by atoms with van der Waals surface area (Å²) < 4.78 is 9.10. The Morgan fingerprint density at radius 2 is 2.60 bits per heavy atom. The smallest absolute Gasteiger partial charge is 0.339 e. The van der Waals surface area contributed by atoms with Crippen molar-refractivity contribution < 1.29 is 19.1 Å². The lowest BCUT2D eigenvalue weighted by Gasteiger charge is -1.93. The van der Waals surface area contributed by atoms with Crippen molar-refractivity contribution in [1.82, 2.24) is 0 Å². The Bertz CT molecular complexity index is 202. The summed E-state index contributed by atoms with van der Waals surface area (Å²) in [6.07, 6.45) is 1.37. The molecule has 0 bridgehead atoms. The van der Waals surface area contributed by atoms with Crippen molar-refractivity contribution >= 4 is 5.97 Å². The van der Waals surface area contributed by atoms with Crippen LogP contribution in [0.4, 0.5) is 0 Å². The lowest BCUT2D eigenvalue weighted by molar-refractivity contribution is -0.138. The number of rotatable bonds is 2. The SMILES string of the molecule is O=C(CO)Oc1ccco1. The summed E-state index contributed by atoms with van der Waals surface area (Å²) in [6.45, 7) is -0.638. The van der Waals surface area contributed by atoms with Crippen molar-refractivity contribution in [3.8, 4) is 5.95 Å². The molecule has 0 saturated heterocycles. The molecule has 0 amide bonds. The topological polar surface area (TPSA) is 59.7 Å². The largest absolute Gasteiger partial charge is 0.434 e. The first kappa shape index (κ1) is 6.82. The van der Waals surface area contributed by atoms with E-state index in [9.17, 15) is 4.79 Å². The van der Waals surface area contributed by atoms with Crippen LogP contribution >= 0.6 is 0 Å². The molecular weight excluding hydrogens is 136 g/mol. The van der Waals surface area contributed by atoms with Crippen molar-refractivity contribution in [3.05, 3.63) is 18.4 Å². The van der Waals surface area contributed by atoms with Crippen LogP contribution < -0.4 is 4.74 Å². The molecule has 0 aliphatic carbocycles. The van der Waals surface area contributed by atoms with Gasteiger partial charge in [-0.3, -0.25) is 0 Å². The Morgan fingerprint density at radius 1 is 1.80 bits per heavy atom. The summed E-state index contributed by atoms with van der Waals surface area (Å²) in [5.41, 5.74) is 0. The Labute approximate surface area is 57.0 Å². The van der Waals surface area contributed by atoms with Gasteiger partial charge in [-0.05, 0) is 6.07 Å². The van der Waals surface area contributed by atoms with Gasteiger partial charge in [0.1, 0.15) is 6.61 Å². The van der Waals surface area contributed by atoms with Crippen LogP contribution in [0.3, 0.4) is 0 Å². The molecule has 0 atom stereocenters. The predicted molar refractivity (Wildman–Crippen MR) is 31.4 cm³/mol. The molecule has 1 heterocycles. The van der Waals surface area contributed by atoms with E-state index in [0.29, 0.717) is 0 Å². The highest BCUT2D eigenvalue weighted by Crippen LogP contribution is 2.09. The highest BCUT2D eigenvalue weighted by Gasteiger charge is 2.02. The van der Waals surface area contributed by atoms with Gasteiger partial charge in [0.05, 0.1) is 6.26 Å². The summed E-state index contributed by atoms with van der Waals surface area (Å²) in [5.74, 6) is -0.631. The number of hydrogen-bond acceptors (Lipinski definition) is 4. The molecule has 1 aromatic heterocycles. The minimum absolute atomic E-state index is 0.0963. The molecule has 0 fully saturated rings. The number of carbonyl (C=O) groups excluding carboxylic acids is 1. The van der Waals surface area contributed by atoms with Crippen LogP contribution in [-0.4, -0.2) is 17.7 Å². The van der Waals surface area contributed by atoms with Gasteiger partial charge in [-0.1, -0.05) is 0 Å². The predicted octanol–water partition coefficient (Wildman–Crippen LogP) is 0.177. The average molecular weight is 142 g/mol. The summed E-state index contributed by atoms with van der Waals surface area (Å²) in [7, 11) is 0. The quantitative estimate of drug-likeness (QED) is 0.598. The van der Waals surface area contributed by atoms with Crippen molar-refractivity contribution in [1.29, 1.82) is 0 Å². The van der Waals surface area contributed by atoms with Gasteiger partial charge in [-0.2, -0.15) is 0 Å². The number of ether oxygens (including phenoxy) is 1. The van der Waals surface area contributed by atoms with Gasteiger partial charge >= 0.3 is 5.97 Å². The fourth-order valence-corrected chi connectivity index (χ4v) is 0.466. The minimum atomic E-state index is -0.727. The van der Waals surface area contributed by atoms with Crippen LogP contribution in [0.2, 0.25) is 0 Å². The van der Waals surface area contributed by atoms with Gasteiger partial charge in [-0.15, -0.1) is 0 Å². The van der Waals surface area contributed by atoms with Gasteiger partial charge in [0.15, 0.2) is 0 Å². The van der Waals surface area contributed by atoms with Gasteiger partial charge < -0.3 is 14.3 Å². The van der Waals surface area contributed by atoms with E-state index in [0.717, 1.165) is 0 Å². The molecule has 1 rings (SSSR count). The lowest BCUT2D eigenvalue weighted by Crippen LogP contribution is -2.11. The van der Waals surface area contributed by atoms with Gasteiger partial charge in [-0.25, -0.2) is 4.79 Å². The first-order valence-electron chi connectivity index (χ1n) is 2.68. The van der Waals surface area contributed by atoms with Crippen LogP contribution in [-0.2, 0) is 4.79 Å². The second kappa shape index (κ2) is 3.03. The molecule has 0 aromatic carbocycles. The Balaban J connectivity index is 2.48. The zero-order valence-electron chi connectivity index (χ0n) is 5.11. The first-order chi connectivity index (χ1) is 4.83. The van der Waals surface area contributed by atoms with E-state index in [2.05, 4.69) is 9.15 Å². The molecule has 0 aliphatic heterocycles. The van der Waals surface area contributed by atoms with Gasteiger partial charge in [0, 0.05) is 6.07 Å². The third-order valence-electron chi connectivity index (χ3n) is 0.839. The fourth-order valence-electron chi connectivity index (χ4n) is 0.466. The average Bonchev–Trinajstić information content (AvgIpc) is 2.40. The third kappa shape index (κ3) is 1.60. The maximum Gasteiger partial charge on any atom is 0.339 e. The Kier molecular flexibility index (Phi) is 2.07. The van der Waals surface area contributed by atoms with E-state index in [1.807, 2.05) is 0 Å². The zero-order chi connectivity index (χ0) is 7.40. The number of esters is 1. The molecule has 54 valence electrons. The maximum atomic E-state index is 10.3. The first-order valence-corrected chi connectivity index (χ1v) is 2.68. The maximum absolute atomic E-state index is 10.3. The third-order valence-corrected chi connectivity index (χ3v) is 0.839. The molecule has 4 nitrogen and oxygen atoms in total. The standard InChI is InChI=1S/C6H6O4/c7-4-5(8)10-6-2-1-3-9-6/h1-3,7H,4H2. The molecule has 0 unspecified atom stereocenters. The van der Waals surface area contributed by atoms with E-state index in [-0.39, 0.29) is 5.95 Å². The molecule has 1 aromatic rings. The summed E-state index contributed by atoms with van der Waals surface area (Å²) in [5, 5.41) is 8.22. The van der Waals surface area contributed by atoms with E-state index in [4.69, 9.17) is 5.11 Å². The van der Waals surface area contributed by atoms with E-state index in [1.54, 1.807) is 6.07 Å². The summed E-state index contributed by atoms with van der Waals surface area (Å²) in [4.78, 5) is 10.3. The molecule has 4 heteroatoms. The van der Waals surface area contributed by atoms with Gasteiger partial charge in [0.2, 0.25) is 0 Å². The van der Waals surface area contributed by atoms with E-state index < -0.39 is 12.6 Å². The highest BCUT2D eigenvalue weighted by molar-refractivity contribution is 5.72. The highest BCUT2D eigenvalue weighted by atomic mass is 16.6.